The molecule has 0 aliphatic carbocycles. The molecule has 0 saturated heterocycles. The summed E-state index contributed by atoms with van der Waals surface area (Å²) in [6.45, 7) is 0. The van der Waals surface area contributed by atoms with Crippen LogP contribution in [-0.2, 0) is 8.87 Å². The average Bonchev–Trinajstić information content (AvgIpc) is 2.16. The smallest absolute Gasteiger partial charge is 0.230 e. The summed E-state index contributed by atoms with van der Waals surface area (Å²) in [7, 11) is -2.43. The maximum atomic E-state index is 11.6. The molecular formula is C8H10ClNO2S2. The molecule has 1 aromatic rings. The number of hydrogen-bond donors (Lipinski definition) is 1. The highest BCUT2D eigenvalue weighted by molar-refractivity contribution is 8.72. The SMILES string of the molecule is Nc1ccc(S(=O)(=O)SCCCl)cc1. The minimum atomic E-state index is -3.26. The molecule has 3 nitrogen and oxygen atoms in total. The summed E-state index contributed by atoms with van der Waals surface area (Å²) >= 11 is 5.41. The fourth-order valence-electron chi connectivity index (χ4n) is 0.844. The third-order valence-corrected chi connectivity index (χ3v) is 5.44. The fraction of sp³-hybridized carbons (Fsp3) is 0.250. The topological polar surface area (TPSA) is 60.2 Å². The Balaban J connectivity index is 2.87. The molecule has 0 spiro atoms. The summed E-state index contributed by atoms with van der Waals surface area (Å²) in [5.74, 6) is 0.702. The second-order valence-corrected chi connectivity index (χ2v) is 6.96. The van der Waals surface area contributed by atoms with Crippen LogP contribution in [-0.4, -0.2) is 20.1 Å². The number of hydrogen-bond acceptors (Lipinski definition) is 4. The van der Waals surface area contributed by atoms with Gasteiger partial charge >= 0.3 is 0 Å². The number of rotatable bonds is 4. The van der Waals surface area contributed by atoms with Crippen molar-refractivity contribution in [3.05, 3.63) is 24.3 Å². The lowest BCUT2D eigenvalue weighted by Crippen LogP contribution is -1.97. The molecule has 0 aliphatic heterocycles. The highest BCUT2D eigenvalue weighted by Gasteiger charge is 2.13. The summed E-state index contributed by atoms with van der Waals surface area (Å²) in [4.78, 5) is 0.266. The Bertz CT molecular complexity index is 388. The molecule has 0 amide bonds. The van der Waals surface area contributed by atoms with Gasteiger partial charge in [0.15, 0.2) is 0 Å². The summed E-state index contributed by atoms with van der Waals surface area (Å²) in [6.07, 6.45) is 0. The molecule has 2 N–H and O–H groups in total. The van der Waals surface area contributed by atoms with Crippen molar-refractivity contribution in [1.82, 2.24) is 0 Å². The zero-order valence-electron chi connectivity index (χ0n) is 7.31. The molecule has 14 heavy (non-hydrogen) atoms. The predicted molar refractivity (Wildman–Crippen MR) is 61.2 cm³/mol. The van der Waals surface area contributed by atoms with Crippen molar-refractivity contribution >= 4 is 37.0 Å². The molecule has 0 aromatic heterocycles. The lowest BCUT2D eigenvalue weighted by molar-refractivity contribution is 0.610. The van der Waals surface area contributed by atoms with E-state index in [9.17, 15) is 8.42 Å². The summed E-state index contributed by atoms with van der Waals surface area (Å²) in [5.41, 5.74) is 5.99. The summed E-state index contributed by atoms with van der Waals surface area (Å²) in [5, 5.41) is 0. The van der Waals surface area contributed by atoms with E-state index in [-0.39, 0.29) is 4.90 Å². The molecule has 0 heterocycles. The minimum absolute atomic E-state index is 0.266. The van der Waals surface area contributed by atoms with Crippen LogP contribution in [0.25, 0.3) is 0 Å². The first-order chi connectivity index (χ1) is 6.56. The van der Waals surface area contributed by atoms with Gasteiger partial charge in [-0.1, -0.05) is 0 Å². The van der Waals surface area contributed by atoms with Gasteiger partial charge < -0.3 is 5.73 Å². The van der Waals surface area contributed by atoms with E-state index < -0.39 is 8.87 Å². The van der Waals surface area contributed by atoms with E-state index in [1.165, 1.54) is 12.1 Å². The molecule has 0 unspecified atom stereocenters. The van der Waals surface area contributed by atoms with Gasteiger partial charge in [0, 0.05) is 17.3 Å². The Labute approximate surface area is 92.0 Å². The van der Waals surface area contributed by atoms with Crippen LogP contribution in [0.4, 0.5) is 5.69 Å². The zero-order chi connectivity index (χ0) is 10.6. The first-order valence-corrected chi connectivity index (χ1v) is 7.39. The van der Waals surface area contributed by atoms with Crippen molar-refractivity contribution in [2.75, 3.05) is 17.4 Å². The maximum Gasteiger partial charge on any atom is 0.230 e. The lowest BCUT2D eigenvalue weighted by atomic mass is 10.3. The molecule has 0 atom stereocenters. The van der Waals surface area contributed by atoms with Crippen molar-refractivity contribution in [1.29, 1.82) is 0 Å². The van der Waals surface area contributed by atoms with Gasteiger partial charge in [0.05, 0.1) is 4.90 Å². The van der Waals surface area contributed by atoms with Gasteiger partial charge in [-0.15, -0.1) is 11.6 Å². The molecule has 0 saturated carbocycles. The highest BCUT2D eigenvalue weighted by Crippen LogP contribution is 2.23. The van der Waals surface area contributed by atoms with Crippen molar-refractivity contribution in [2.24, 2.45) is 0 Å². The van der Waals surface area contributed by atoms with Crippen molar-refractivity contribution in [2.45, 2.75) is 4.90 Å². The Morgan fingerprint density at radius 1 is 1.29 bits per heavy atom. The van der Waals surface area contributed by atoms with Crippen LogP contribution >= 0.6 is 22.4 Å². The molecule has 0 bridgehead atoms. The Morgan fingerprint density at radius 2 is 1.86 bits per heavy atom. The fourth-order valence-corrected chi connectivity index (χ4v) is 3.89. The molecule has 0 radical (unpaired) electrons. The second-order valence-electron chi connectivity index (χ2n) is 2.53. The Hall–Kier alpha value is -0.390. The van der Waals surface area contributed by atoms with Crippen LogP contribution in [0.15, 0.2) is 29.2 Å². The first-order valence-electron chi connectivity index (χ1n) is 3.87. The maximum absolute atomic E-state index is 11.6. The molecule has 78 valence electrons. The van der Waals surface area contributed by atoms with Crippen molar-refractivity contribution < 1.29 is 8.42 Å². The van der Waals surface area contributed by atoms with Gasteiger partial charge in [0.1, 0.15) is 0 Å². The number of halogens is 1. The van der Waals surface area contributed by atoms with E-state index in [0.717, 1.165) is 10.8 Å². The summed E-state index contributed by atoms with van der Waals surface area (Å²) in [6, 6.07) is 6.11. The van der Waals surface area contributed by atoms with Crippen LogP contribution in [0.3, 0.4) is 0 Å². The summed E-state index contributed by atoms with van der Waals surface area (Å²) < 4.78 is 23.1. The van der Waals surface area contributed by atoms with Gasteiger partial charge in [-0.25, -0.2) is 8.42 Å². The van der Waals surface area contributed by atoms with E-state index in [4.69, 9.17) is 17.3 Å². The first kappa shape index (κ1) is 11.7. The third kappa shape index (κ3) is 3.08. The largest absolute Gasteiger partial charge is 0.399 e. The zero-order valence-corrected chi connectivity index (χ0v) is 9.70. The molecule has 6 heteroatoms. The van der Waals surface area contributed by atoms with E-state index in [0.29, 0.717) is 17.3 Å². The lowest BCUT2D eigenvalue weighted by Gasteiger charge is -2.02. The van der Waals surface area contributed by atoms with E-state index in [1.807, 2.05) is 0 Å². The molecule has 1 aromatic carbocycles. The normalized spacial score (nSPS) is 11.5. The van der Waals surface area contributed by atoms with E-state index in [1.54, 1.807) is 12.1 Å². The van der Waals surface area contributed by atoms with Crippen LogP contribution in [0.1, 0.15) is 0 Å². The monoisotopic (exact) mass is 251 g/mol. The molecule has 1 rings (SSSR count). The second kappa shape index (κ2) is 4.91. The highest BCUT2D eigenvalue weighted by atomic mass is 35.5. The van der Waals surface area contributed by atoms with Gasteiger partial charge in [0.25, 0.3) is 0 Å². The van der Waals surface area contributed by atoms with Crippen molar-refractivity contribution in [3.63, 3.8) is 0 Å². The van der Waals surface area contributed by atoms with Crippen LogP contribution in [0.5, 0.6) is 0 Å². The van der Waals surface area contributed by atoms with Gasteiger partial charge in [-0.05, 0) is 35.1 Å². The van der Waals surface area contributed by atoms with Crippen LogP contribution < -0.4 is 5.73 Å². The Morgan fingerprint density at radius 3 is 2.36 bits per heavy atom. The van der Waals surface area contributed by atoms with Gasteiger partial charge in [0.2, 0.25) is 8.87 Å². The number of benzene rings is 1. The number of anilines is 1. The number of nitrogens with two attached hydrogens (primary N) is 1. The molecule has 0 fully saturated rings. The quantitative estimate of drug-likeness (QED) is 0.505. The molecule has 0 aliphatic rings. The Kier molecular flexibility index (Phi) is 4.10. The van der Waals surface area contributed by atoms with Crippen LogP contribution in [0.2, 0.25) is 0 Å². The number of nitrogen functional groups attached to an aromatic ring is 1. The van der Waals surface area contributed by atoms with E-state index in [2.05, 4.69) is 0 Å². The van der Waals surface area contributed by atoms with Crippen molar-refractivity contribution in [3.8, 4) is 0 Å². The van der Waals surface area contributed by atoms with Gasteiger partial charge in [-0.3, -0.25) is 0 Å². The van der Waals surface area contributed by atoms with Crippen LogP contribution in [0, 0.1) is 0 Å². The van der Waals surface area contributed by atoms with Gasteiger partial charge in [-0.2, -0.15) is 0 Å². The average molecular weight is 252 g/mol. The predicted octanol–water partition coefficient (Wildman–Crippen LogP) is 1.93. The standard InChI is InChI=1S/C8H10ClNO2S2/c9-5-6-13-14(11,12)8-3-1-7(10)2-4-8/h1-4H,5-6,10H2. The molecular weight excluding hydrogens is 242 g/mol. The third-order valence-electron chi connectivity index (χ3n) is 1.48. The minimum Gasteiger partial charge on any atom is -0.399 e. The van der Waals surface area contributed by atoms with E-state index >= 15 is 0 Å². The number of alkyl halides is 1.